The molecule has 0 bridgehead atoms. The first kappa shape index (κ1) is 12.8. The lowest BCUT2D eigenvalue weighted by atomic mass is 10.1. The first-order valence-electron chi connectivity index (χ1n) is 5.24. The lowest BCUT2D eigenvalue weighted by Gasteiger charge is -2.08. The van der Waals surface area contributed by atoms with Crippen LogP contribution in [0.3, 0.4) is 0 Å². The van der Waals surface area contributed by atoms with Gasteiger partial charge in [-0.15, -0.1) is 0 Å². The Labute approximate surface area is 99.8 Å². The van der Waals surface area contributed by atoms with Crippen LogP contribution in [-0.4, -0.2) is 12.6 Å². The van der Waals surface area contributed by atoms with E-state index in [0.29, 0.717) is 17.9 Å². The summed E-state index contributed by atoms with van der Waals surface area (Å²) in [4.78, 5) is 10.6. The number of nitriles is 1. The van der Waals surface area contributed by atoms with Gasteiger partial charge in [-0.25, -0.2) is 0 Å². The van der Waals surface area contributed by atoms with Crippen molar-refractivity contribution in [2.24, 2.45) is 0 Å². The predicted octanol–water partition coefficient (Wildman–Crippen LogP) is 1.13. The molecule has 0 aliphatic heterocycles. The Balaban J connectivity index is 3.05. The maximum Gasteiger partial charge on any atom is 0.126 e. The SMILES string of the molecule is CCCOc1ccccc1C=C(C#N)C(=O)[O-]. The summed E-state index contributed by atoms with van der Waals surface area (Å²) in [5.41, 5.74) is 0.138. The van der Waals surface area contributed by atoms with Crippen LogP contribution in [0.4, 0.5) is 0 Å². The molecule has 17 heavy (non-hydrogen) atoms. The number of ether oxygens (including phenoxy) is 1. The molecule has 0 amide bonds. The van der Waals surface area contributed by atoms with Crippen LogP contribution < -0.4 is 9.84 Å². The molecule has 0 atom stereocenters. The van der Waals surface area contributed by atoms with Gasteiger partial charge in [0.25, 0.3) is 0 Å². The molecule has 0 unspecified atom stereocenters. The zero-order valence-electron chi connectivity index (χ0n) is 9.47. The van der Waals surface area contributed by atoms with Crippen molar-refractivity contribution >= 4 is 12.0 Å². The monoisotopic (exact) mass is 230 g/mol. The number of carboxylic acid groups (broad SMARTS) is 1. The van der Waals surface area contributed by atoms with Crippen molar-refractivity contribution in [1.29, 1.82) is 5.26 Å². The number of carbonyl (C=O) groups is 1. The van der Waals surface area contributed by atoms with Gasteiger partial charge in [0.15, 0.2) is 0 Å². The molecule has 1 aromatic carbocycles. The second-order valence-electron chi connectivity index (χ2n) is 3.34. The summed E-state index contributed by atoms with van der Waals surface area (Å²) in [5, 5.41) is 19.3. The van der Waals surface area contributed by atoms with Crippen LogP contribution in [0.25, 0.3) is 6.08 Å². The van der Waals surface area contributed by atoms with Crippen molar-refractivity contribution in [2.45, 2.75) is 13.3 Å². The average Bonchev–Trinajstić information content (AvgIpc) is 2.34. The highest BCUT2D eigenvalue weighted by Crippen LogP contribution is 2.20. The van der Waals surface area contributed by atoms with Crippen molar-refractivity contribution < 1.29 is 14.6 Å². The highest BCUT2D eigenvalue weighted by Gasteiger charge is 2.03. The van der Waals surface area contributed by atoms with Gasteiger partial charge in [0, 0.05) is 5.56 Å². The number of benzene rings is 1. The first-order valence-corrected chi connectivity index (χ1v) is 5.24. The van der Waals surface area contributed by atoms with Gasteiger partial charge < -0.3 is 14.6 Å². The van der Waals surface area contributed by atoms with E-state index in [4.69, 9.17) is 10.00 Å². The van der Waals surface area contributed by atoms with Gasteiger partial charge in [-0.1, -0.05) is 25.1 Å². The maximum absolute atomic E-state index is 10.6. The van der Waals surface area contributed by atoms with Gasteiger partial charge in [0.2, 0.25) is 0 Å². The average molecular weight is 230 g/mol. The van der Waals surface area contributed by atoms with Crippen LogP contribution in [0, 0.1) is 11.3 Å². The number of para-hydroxylation sites is 1. The van der Waals surface area contributed by atoms with E-state index in [0.717, 1.165) is 6.42 Å². The molecule has 88 valence electrons. The van der Waals surface area contributed by atoms with E-state index in [-0.39, 0.29) is 0 Å². The molecule has 0 radical (unpaired) electrons. The van der Waals surface area contributed by atoms with E-state index < -0.39 is 11.5 Å². The third-order valence-electron chi connectivity index (χ3n) is 2.02. The molecule has 0 saturated heterocycles. The van der Waals surface area contributed by atoms with Gasteiger partial charge in [-0.05, 0) is 18.6 Å². The van der Waals surface area contributed by atoms with Crippen molar-refractivity contribution in [2.75, 3.05) is 6.61 Å². The van der Waals surface area contributed by atoms with Crippen LogP contribution >= 0.6 is 0 Å². The number of nitrogens with zero attached hydrogens (tertiary/aromatic N) is 1. The molecule has 0 spiro atoms. The van der Waals surface area contributed by atoms with E-state index in [9.17, 15) is 9.90 Å². The fourth-order valence-corrected chi connectivity index (χ4v) is 1.24. The van der Waals surface area contributed by atoms with Gasteiger partial charge >= 0.3 is 0 Å². The van der Waals surface area contributed by atoms with E-state index in [1.165, 1.54) is 6.08 Å². The molecule has 0 aliphatic rings. The summed E-state index contributed by atoms with van der Waals surface area (Å²) in [5.74, 6) is -0.929. The Kier molecular flexibility index (Phi) is 4.77. The molecule has 0 fully saturated rings. The largest absolute Gasteiger partial charge is 0.544 e. The van der Waals surface area contributed by atoms with E-state index in [1.54, 1.807) is 30.3 Å². The fourth-order valence-electron chi connectivity index (χ4n) is 1.24. The van der Waals surface area contributed by atoms with E-state index in [2.05, 4.69) is 0 Å². The van der Waals surface area contributed by atoms with Gasteiger partial charge in [-0.2, -0.15) is 5.26 Å². The molecule has 1 rings (SSSR count). The van der Waals surface area contributed by atoms with E-state index in [1.807, 2.05) is 6.92 Å². The van der Waals surface area contributed by atoms with E-state index >= 15 is 0 Å². The van der Waals surface area contributed by atoms with Crippen LogP contribution in [0.2, 0.25) is 0 Å². The molecule has 0 saturated carbocycles. The normalized spacial score (nSPS) is 10.7. The Morgan fingerprint density at radius 2 is 2.24 bits per heavy atom. The lowest BCUT2D eigenvalue weighted by molar-refractivity contribution is -0.298. The van der Waals surface area contributed by atoms with Crippen LogP contribution in [0.1, 0.15) is 18.9 Å². The van der Waals surface area contributed by atoms with Crippen molar-refractivity contribution in [3.63, 3.8) is 0 Å². The second kappa shape index (κ2) is 6.33. The minimum Gasteiger partial charge on any atom is -0.544 e. The first-order chi connectivity index (χ1) is 8.19. The third-order valence-corrected chi connectivity index (χ3v) is 2.02. The smallest absolute Gasteiger partial charge is 0.126 e. The molecule has 4 heteroatoms. The highest BCUT2D eigenvalue weighted by molar-refractivity contribution is 5.95. The Morgan fingerprint density at radius 1 is 1.53 bits per heavy atom. The summed E-state index contributed by atoms with van der Waals surface area (Å²) in [6.45, 7) is 2.51. The number of aliphatic carboxylic acids is 1. The number of hydrogen-bond donors (Lipinski definition) is 0. The molecule has 0 N–H and O–H groups in total. The fraction of sp³-hybridized carbons (Fsp3) is 0.231. The van der Waals surface area contributed by atoms with Crippen LogP contribution in [0.15, 0.2) is 29.8 Å². The summed E-state index contributed by atoms with van der Waals surface area (Å²) in [6.07, 6.45) is 2.10. The van der Waals surface area contributed by atoms with Gasteiger partial charge in [-0.3, -0.25) is 0 Å². The zero-order chi connectivity index (χ0) is 12.7. The highest BCUT2D eigenvalue weighted by atomic mass is 16.5. The molecule has 0 aromatic heterocycles. The summed E-state index contributed by atoms with van der Waals surface area (Å²) in [7, 11) is 0. The minimum absolute atomic E-state index is 0.419. The quantitative estimate of drug-likeness (QED) is 0.561. The number of carboxylic acids is 1. The number of rotatable bonds is 5. The summed E-state index contributed by atoms with van der Waals surface area (Å²) >= 11 is 0. The van der Waals surface area contributed by atoms with Gasteiger partial charge in [0.05, 0.1) is 18.1 Å². The zero-order valence-corrected chi connectivity index (χ0v) is 9.47. The number of hydrogen-bond acceptors (Lipinski definition) is 4. The summed E-state index contributed by atoms with van der Waals surface area (Å²) < 4.78 is 5.44. The lowest BCUT2D eigenvalue weighted by Crippen LogP contribution is -2.23. The molecule has 0 aliphatic carbocycles. The third kappa shape index (κ3) is 3.65. The standard InChI is InChI=1S/C13H13NO3/c1-2-7-17-12-6-4-3-5-10(12)8-11(9-14)13(15)16/h3-6,8H,2,7H2,1H3,(H,15,16)/p-1. The molecule has 0 heterocycles. The van der Waals surface area contributed by atoms with Crippen molar-refractivity contribution in [1.82, 2.24) is 0 Å². The maximum atomic E-state index is 10.6. The molecular weight excluding hydrogens is 218 g/mol. The predicted molar refractivity (Wildman–Crippen MR) is 60.8 cm³/mol. The Hall–Kier alpha value is -2.28. The van der Waals surface area contributed by atoms with Crippen LogP contribution in [-0.2, 0) is 4.79 Å². The van der Waals surface area contributed by atoms with Crippen molar-refractivity contribution in [3.8, 4) is 11.8 Å². The Bertz CT molecular complexity index is 472. The minimum atomic E-state index is -1.49. The topological polar surface area (TPSA) is 73.1 Å². The Morgan fingerprint density at radius 3 is 2.82 bits per heavy atom. The summed E-state index contributed by atoms with van der Waals surface area (Å²) in [6, 6.07) is 8.52. The van der Waals surface area contributed by atoms with Crippen LogP contribution in [0.5, 0.6) is 5.75 Å². The molecular formula is C13H12NO3-. The molecule has 4 nitrogen and oxygen atoms in total. The second-order valence-corrected chi connectivity index (χ2v) is 3.34. The number of carbonyl (C=O) groups excluding carboxylic acids is 1. The molecule has 1 aromatic rings. The van der Waals surface area contributed by atoms with Crippen molar-refractivity contribution in [3.05, 3.63) is 35.4 Å². The van der Waals surface area contributed by atoms with Gasteiger partial charge in [0.1, 0.15) is 11.8 Å².